The Bertz CT molecular complexity index is 1740. The number of amides is 1. The summed E-state index contributed by atoms with van der Waals surface area (Å²) in [6.45, 7) is 12.9. The van der Waals surface area contributed by atoms with E-state index in [-0.39, 0.29) is 35.2 Å². The molecule has 2 unspecified atom stereocenters. The van der Waals surface area contributed by atoms with Gasteiger partial charge in [-0.3, -0.25) is 9.78 Å². The van der Waals surface area contributed by atoms with E-state index in [1.165, 1.54) is 22.9 Å². The Morgan fingerprint density at radius 3 is 2.76 bits per heavy atom. The second-order valence-electron chi connectivity index (χ2n) is 11.1. The minimum Gasteiger partial charge on any atom is -0.349 e. The summed E-state index contributed by atoms with van der Waals surface area (Å²) in [4.78, 5) is 44.3. The van der Waals surface area contributed by atoms with Gasteiger partial charge in [-0.1, -0.05) is 25.6 Å². The average molecular weight is 558 g/mol. The van der Waals surface area contributed by atoms with Crippen molar-refractivity contribution in [2.45, 2.75) is 65.1 Å². The largest absolute Gasteiger partial charge is 0.355 e. The van der Waals surface area contributed by atoms with Crippen molar-refractivity contribution in [3.8, 4) is 17.1 Å². The van der Waals surface area contributed by atoms with Gasteiger partial charge in [0, 0.05) is 37.9 Å². The third kappa shape index (κ3) is 4.37. The highest BCUT2D eigenvalue weighted by Gasteiger charge is 2.34. The molecule has 1 saturated heterocycles. The summed E-state index contributed by atoms with van der Waals surface area (Å²) in [6, 6.07) is 2.93. The zero-order valence-corrected chi connectivity index (χ0v) is 23.6. The molecule has 0 N–H and O–H groups in total. The summed E-state index contributed by atoms with van der Waals surface area (Å²) in [5.41, 5.74) is 2.57. The lowest BCUT2D eigenvalue weighted by atomic mass is 10.0. The standard InChI is InChI=1S/C29H32FN9O2/c1-6-23(40)36-14-18(5)37(15-17(36)4)27-20-12-21(30)25-22-13-32-35-38(22)11-7-8-19-9-10-31-24(16(2)3)26(19)39(28(20)33-25)29(41)34-27/h6,9-10,12-13,16-18H,1,7-8,11,14-15H2,2-5H3. The van der Waals surface area contributed by atoms with E-state index >= 15 is 4.39 Å². The maximum Gasteiger partial charge on any atom is 0.355 e. The van der Waals surface area contributed by atoms with Crippen molar-refractivity contribution in [2.24, 2.45) is 0 Å². The molecule has 4 aromatic rings. The first-order valence-electron chi connectivity index (χ1n) is 13.9. The van der Waals surface area contributed by atoms with Crippen molar-refractivity contribution in [1.82, 2.24) is 39.4 Å². The fourth-order valence-corrected chi connectivity index (χ4v) is 5.97. The molecule has 6 heterocycles. The Balaban J connectivity index is 1.66. The lowest BCUT2D eigenvalue weighted by Crippen LogP contribution is -2.58. The van der Waals surface area contributed by atoms with Gasteiger partial charge < -0.3 is 9.80 Å². The Hall–Kier alpha value is -4.48. The van der Waals surface area contributed by atoms with E-state index in [0.29, 0.717) is 55.1 Å². The number of rotatable bonds is 3. The van der Waals surface area contributed by atoms with Crippen LogP contribution in [0.2, 0.25) is 0 Å². The number of fused-ring (bicyclic) bond motifs is 5. The number of carbonyl (C=O) groups excluding carboxylic acids is 1. The van der Waals surface area contributed by atoms with Gasteiger partial charge >= 0.3 is 5.69 Å². The smallest absolute Gasteiger partial charge is 0.349 e. The molecule has 2 aliphatic rings. The summed E-state index contributed by atoms with van der Waals surface area (Å²) in [6.07, 6.45) is 5.88. The summed E-state index contributed by atoms with van der Waals surface area (Å²) >= 11 is 0. The molecule has 12 heteroatoms. The van der Waals surface area contributed by atoms with Crippen LogP contribution in [0.15, 0.2) is 42.0 Å². The molecule has 2 bridgehead atoms. The van der Waals surface area contributed by atoms with Crippen LogP contribution in [0.25, 0.3) is 28.1 Å². The maximum absolute atomic E-state index is 16.0. The normalized spacial score (nSPS) is 18.8. The van der Waals surface area contributed by atoms with Crippen molar-refractivity contribution in [2.75, 3.05) is 18.0 Å². The highest BCUT2D eigenvalue weighted by atomic mass is 19.1. The van der Waals surface area contributed by atoms with Crippen LogP contribution in [0.3, 0.4) is 0 Å². The average Bonchev–Trinajstić information content (AvgIpc) is 3.40. The molecule has 11 nitrogen and oxygen atoms in total. The Morgan fingerprint density at radius 1 is 1.20 bits per heavy atom. The minimum atomic E-state index is -0.565. The number of hydrogen-bond donors (Lipinski definition) is 0. The summed E-state index contributed by atoms with van der Waals surface area (Å²) in [5.74, 6) is -0.379. The Morgan fingerprint density at radius 2 is 2.00 bits per heavy atom. The van der Waals surface area contributed by atoms with Crippen LogP contribution in [0.1, 0.15) is 51.3 Å². The molecule has 1 amide bonds. The number of nitrogens with zero attached hydrogens (tertiary/aromatic N) is 9. The number of hydrogen-bond acceptors (Lipinski definition) is 8. The van der Waals surface area contributed by atoms with Crippen molar-refractivity contribution in [3.05, 3.63) is 64.7 Å². The fraction of sp³-hybridized carbons (Fsp3) is 0.414. The fourth-order valence-electron chi connectivity index (χ4n) is 5.97. The van der Waals surface area contributed by atoms with E-state index in [0.717, 1.165) is 11.3 Å². The topological polar surface area (TPSA) is 115 Å². The molecule has 41 heavy (non-hydrogen) atoms. The van der Waals surface area contributed by atoms with Gasteiger partial charge in [-0.05, 0) is 56.4 Å². The molecule has 212 valence electrons. The number of aryl methyl sites for hydroxylation is 2. The number of halogens is 1. The van der Waals surface area contributed by atoms with Crippen LogP contribution in [-0.2, 0) is 17.8 Å². The minimum absolute atomic E-state index is 0.00705. The third-order valence-electron chi connectivity index (χ3n) is 8.00. The molecule has 4 aromatic heterocycles. The first-order chi connectivity index (χ1) is 19.7. The van der Waals surface area contributed by atoms with Gasteiger partial charge in [0.05, 0.1) is 23.0 Å². The molecule has 0 radical (unpaired) electrons. The van der Waals surface area contributed by atoms with E-state index in [2.05, 4.69) is 26.9 Å². The third-order valence-corrected chi connectivity index (χ3v) is 8.00. The first kappa shape index (κ1) is 26.7. The number of piperazine rings is 1. The van der Waals surface area contributed by atoms with Crippen molar-refractivity contribution < 1.29 is 9.18 Å². The first-order valence-corrected chi connectivity index (χ1v) is 13.9. The van der Waals surface area contributed by atoms with Gasteiger partial charge in [-0.2, -0.15) is 4.98 Å². The summed E-state index contributed by atoms with van der Waals surface area (Å²) < 4.78 is 19.1. The molecule has 0 spiro atoms. The van der Waals surface area contributed by atoms with E-state index < -0.39 is 11.5 Å². The van der Waals surface area contributed by atoms with Gasteiger partial charge in [-0.15, -0.1) is 5.10 Å². The highest BCUT2D eigenvalue weighted by Crippen LogP contribution is 2.34. The van der Waals surface area contributed by atoms with Crippen LogP contribution < -0.4 is 10.6 Å². The van der Waals surface area contributed by atoms with E-state index in [4.69, 9.17) is 4.98 Å². The summed E-state index contributed by atoms with van der Waals surface area (Å²) in [7, 11) is 0. The van der Waals surface area contributed by atoms with Gasteiger partial charge in [0.2, 0.25) is 5.91 Å². The van der Waals surface area contributed by atoms with Crippen LogP contribution >= 0.6 is 0 Å². The van der Waals surface area contributed by atoms with Gasteiger partial charge in [0.15, 0.2) is 11.5 Å². The van der Waals surface area contributed by atoms with Crippen LogP contribution in [-0.4, -0.2) is 70.5 Å². The molecule has 1 fully saturated rings. The Kier molecular flexibility index (Phi) is 6.63. The molecule has 2 aliphatic heterocycles. The number of carbonyl (C=O) groups is 1. The van der Waals surface area contributed by atoms with Gasteiger partial charge in [-0.25, -0.2) is 23.4 Å². The predicted octanol–water partition coefficient (Wildman–Crippen LogP) is 3.25. The molecule has 0 aliphatic carbocycles. The zero-order chi connectivity index (χ0) is 29.0. The quantitative estimate of drug-likeness (QED) is 0.353. The van der Waals surface area contributed by atoms with Crippen LogP contribution in [0.4, 0.5) is 10.2 Å². The maximum atomic E-state index is 16.0. The monoisotopic (exact) mass is 557 g/mol. The summed E-state index contributed by atoms with van der Waals surface area (Å²) in [5, 5.41) is 8.60. The molecular weight excluding hydrogens is 525 g/mol. The molecule has 6 rings (SSSR count). The Labute approximate surface area is 236 Å². The number of pyridine rings is 2. The van der Waals surface area contributed by atoms with Gasteiger partial charge in [0.1, 0.15) is 17.2 Å². The van der Waals surface area contributed by atoms with E-state index in [1.54, 1.807) is 15.8 Å². The van der Waals surface area contributed by atoms with Crippen molar-refractivity contribution >= 4 is 22.8 Å². The zero-order valence-electron chi connectivity index (χ0n) is 23.6. The van der Waals surface area contributed by atoms with E-state index in [1.807, 2.05) is 38.7 Å². The number of aromatic nitrogens is 7. The molecule has 2 atom stereocenters. The van der Waals surface area contributed by atoms with Crippen molar-refractivity contribution in [1.29, 1.82) is 0 Å². The molecular formula is C29H32FN9O2. The second kappa shape index (κ2) is 10.2. The van der Waals surface area contributed by atoms with Crippen LogP contribution in [0.5, 0.6) is 0 Å². The predicted molar refractivity (Wildman–Crippen MR) is 152 cm³/mol. The molecule has 0 saturated carbocycles. The lowest BCUT2D eigenvalue weighted by molar-refractivity contribution is -0.128. The lowest BCUT2D eigenvalue weighted by Gasteiger charge is -2.44. The van der Waals surface area contributed by atoms with Gasteiger partial charge in [0.25, 0.3) is 0 Å². The van der Waals surface area contributed by atoms with E-state index in [9.17, 15) is 9.59 Å². The highest BCUT2D eigenvalue weighted by molar-refractivity contribution is 5.91. The SMILES string of the molecule is C=CC(=O)N1CC(C)N(c2nc(=O)n3c4nc(c(F)cc24)-c2cnnn2CCCc2ccnc(C(C)C)c2-3)CC1C. The van der Waals surface area contributed by atoms with Crippen molar-refractivity contribution in [3.63, 3.8) is 0 Å². The molecule has 0 aromatic carbocycles. The second-order valence-corrected chi connectivity index (χ2v) is 11.1. The number of anilines is 1. The van der Waals surface area contributed by atoms with Crippen LogP contribution in [0, 0.1) is 5.82 Å².